The molecule has 76 valence electrons. The minimum atomic E-state index is -0.563. The highest BCUT2D eigenvalue weighted by atomic mass is 16.7. The summed E-state index contributed by atoms with van der Waals surface area (Å²) < 4.78 is 10.9. The first-order valence-corrected chi connectivity index (χ1v) is 4.58. The van der Waals surface area contributed by atoms with Gasteiger partial charge in [0.25, 0.3) is 0 Å². The van der Waals surface area contributed by atoms with Crippen molar-refractivity contribution in [3.05, 3.63) is 12.7 Å². The van der Waals surface area contributed by atoms with E-state index in [1.54, 1.807) is 6.08 Å². The number of hydrogen-bond donors (Lipinski definition) is 1. The average Bonchev–Trinajstić information content (AvgIpc) is 2.43. The normalized spacial score (nSPS) is 31.2. The Bertz CT molecular complexity index is 189. The van der Waals surface area contributed by atoms with E-state index in [4.69, 9.17) is 9.47 Å². The second kappa shape index (κ2) is 3.78. The van der Waals surface area contributed by atoms with Gasteiger partial charge in [0.15, 0.2) is 5.79 Å². The van der Waals surface area contributed by atoms with Crippen LogP contribution in [0, 0.1) is 5.92 Å². The molecule has 0 unspecified atom stereocenters. The average molecular weight is 186 g/mol. The molecule has 0 amide bonds. The van der Waals surface area contributed by atoms with E-state index in [0.717, 1.165) is 0 Å². The van der Waals surface area contributed by atoms with Gasteiger partial charge in [-0.2, -0.15) is 0 Å². The SMILES string of the molecule is C=C[C@@H](C)[C@@H](O)[C@H]1COC(C)(C)O1. The van der Waals surface area contributed by atoms with Crippen LogP contribution in [0.2, 0.25) is 0 Å². The molecule has 13 heavy (non-hydrogen) atoms. The van der Waals surface area contributed by atoms with Crippen LogP contribution in [0.1, 0.15) is 20.8 Å². The second-order valence-electron chi connectivity index (χ2n) is 3.95. The summed E-state index contributed by atoms with van der Waals surface area (Å²) in [6, 6.07) is 0. The molecular formula is C10H18O3. The molecule has 3 nitrogen and oxygen atoms in total. The van der Waals surface area contributed by atoms with Crippen molar-refractivity contribution in [1.29, 1.82) is 0 Å². The van der Waals surface area contributed by atoms with Crippen molar-refractivity contribution in [2.75, 3.05) is 6.61 Å². The van der Waals surface area contributed by atoms with Gasteiger partial charge in [0.05, 0.1) is 12.7 Å². The van der Waals surface area contributed by atoms with E-state index in [9.17, 15) is 5.11 Å². The molecule has 1 saturated heterocycles. The first-order valence-electron chi connectivity index (χ1n) is 4.58. The monoisotopic (exact) mass is 186 g/mol. The lowest BCUT2D eigenvalue weighted by atomic mass is 10.0. The fraction of sp³-hybridized carbons (Fsp3) is 0.800. The van der Waals surface area contributed by atoms with E-state index in [0.29, 0.717) is 6.61 Å². The molecule has 0 radical (unpaired) electrons. The zero-order valence-electron chi connectivity index (χ0n) is 8.49. The predicted molar refractivity (Wildman–Crippen MR) is 50.3 cm³/mol. The second-order valence-corrected chi connectivity index (χ2v) is 3.95. The van der Waals surface area contributed by atoms with E-state index < -0.39 is 11.9 Å². The molecule has 1 rings (SSSR count). The lowest BCUT2D eigenvalue weighted by molar-refractivity contribution is -0.153. The Labute approximate surface area is 79.3 Å². The Morgan fingerprint density at radius 2 is 2.23 bits per heavy atom. The topological polar surface area (TPSA) is 38.7 Å². The number of rotatable bonds is 3. The third-order valence-electron chi connectivity index (χ3n) is 2.32. The Kier molecular flexibility index (Phi) is 3.11. The van der Waals surface area contributed by atoms with Crippen molar-refractivity contribution >= 4 is 0 Å². The third-order valence-corrected chi connectivity index (χ3v) is 2.32. The van der Waals surface area contributed by atoms with Gasteiger partial charge in [0.2, 0.25) is 0 Å². The molecule has 0 aliphatic carbocycles. The molecule has 1 aliphatic rings. The van der Waals surface area contributed by atoms with Gasteiger partial charge in [-0.05, 0) is 13.8 Å². The number of ether oxygens (including phenoxy) is 2. The van der Waals surface area contributed by atoms with Crippen molar-refractivity contribution in [3.63, 3.8) is 0 Å². The number of aliphatic hydroxyl groups excluding tert-OH is 1. The van der Waals surface area contributed by atoms with Crippen LogP contribution < -0.4 is 0 Å². The summed E-state index contributed by atoms with van der Waals surface area (Å²) in [4.78, 5) is 0. The smallest absolute Gasteiger partial charge is 0.163 e. The van der Waals surface area contributed by atoms with Gasteiger partial charge < -0.3 is 14.6 Å². The first-order chi connectivity index (χ1) is 5.96. The van der Waals surface area contributed by atoms with E-state index in [-0.39, 0.29) is 12.0 Å². The standard InChI is InChI=1S/C10H18O3/c1-5-7(2)9(11)8-6-12-10(3,4)13-8/h5,7-9,11H,1,6H2,2-4H3/t7-,8-,9-/m1/s1. The van der Waals surface area contributed by atoms with Crippen LogP contribution in [0.15, 0.2) is 12.7 Å². The van der Waals surface area contributed by atoms with Crippen LogP contribution in [0.5, 0.6) is 0 Å². The van der Waals surface area contributed by atoms with Crippen LogP contribution in [0.25, 0.3) is 0 Å². The molecule has 1 N–H and O–H groups in total. The molecule has 3 heteroatoms. The maximum Gasteiger partial charge on any atom is 0.163 e. The maximum atomic E-state index is 9.77. The van der Waals surface area contributed by atoms with Gasteiger partial charge in [0, 0.05) is 5.92 Å². The maximum absolute atomic E-state index is 9.77. The van der Waals surface area contributed by atoms with Crippen LogP contribution >= 0.6 is 0 Å². The molecule has 0 bridgehead atoms. The molecular weight excluding hydrogens is 168 g/mol. The molecule has 1 heterocycles. The lowest BCUT2D eigenvalue weighted by Gasteiger charge is -2.22. The van der Waals surface area contributed by atoms with Gasteiger partial charge in [-0.3, -0.25) is 0 Å². The van der Waals surface area contributed by atoms with E-state index in [1.165, 1.54) is 0 Å². The van der Waals surface area contributed by atoms with Crippen LogP contribution in [0.3, 0.4) is 0 Å². The molecule has 0 aromatic rings. The van der Waals surface area contributed by atoms with Gasteiger partial charge in [-0.25, -0.2) is 0 Å². The Balaban J connectivity index is 2.51. The summed E-state index contributed by atoms with van der Waals surface area (Å²) >= 11 is 0. The van der Waals surface area contributed by atoms with Crippen molar-refractivity contribution in [2.45, 2.75) is 38.8 Å². The van der Waals surface area contributed by atoms with E-state index in [1.807, 2.05) is 20.8 Å². The van der Waals surface area contributed by atoms with Crippen LogP contribution in [-0.4, -0.2) is 29.7 Å². The summed E-state index contributed by atoms with van der Waals surface area (Å²) in [5, 5.41) is 9.77. The van der Waals surface area contributed by atoms with Crippen molar-refractivity contribution in [3.8, 4) is 0 Å². The summed E-state index contributed by atoms with van der Waals surface area (Å²) in [5.41, 5.74) is 0. The number of hydrogen-bond acceptors (Lipinski definition) is 3. The molecule has 0 spiro atoms. The van der Waals surface area contributed by atoms with Gasteiger partial charge >= 0.3 is 0 Å². The minimum absolute atomic E-state index is 0.0301. The van der Waals surface area contributed by atoms with Gasteiger partial charge in [0.1, 0.15) is 6.10 Å². The molecule has 1 aliphatic heterocycles. The highest BCUT2D eigenvalue weighted by Gasteiger charge is 2.37. The Morgan fingerprint density at radius 3 is 2.62 bits per heavy atom. The van der Waals surface area contributed by atoms with E-state index >= 15 is 0 Å². The summed E-state index contributed by atoms with van der Waals surface area (Å²) in [6.45, 7) is 9.68. The summed E-state index contributed by atoms with van der Waals surface area (Å²) in [7, 11) is 0. The Morgan fingerprint density at radius 1 is 1.62 bits per heavy atom. The third kappa shape index (κ3) is 2.53. The van der Waals surface area contributed by atoms with Crippen molar-refractivity contribution < 1.29 is 14.6 Å². The molecule has 0 aromatic carbocycles. The van der Waals surface area contributed by atoms with Crippen molar-refractivity contribution in [2.24, 2.45) is 5.92 Å². The predicted octanol–water partition coefficient (Wildman–Crippen LogP) is 1.32. The Hall–Kier alpha value is -0.380. The van der Waals surface area contributed by atoms with E-state index in [2.05, 4.69) is 6.58 Å². The van der Waals surface area contributed by atoms with Gasteiger partial charge in [-0.15, -0.1) is 6.58 Å². The minimum Gasteiger partial charge on any atom is -0.390 e. The fourth-order valence-corrected chi connectivity index (χ4v) is 1.36. The molecule has 1 fully saturated rings. The van der Waals surface area contributed by atoms with Crippen LogP contribution in [-0.2, 0) is 9.47 Å². The summed E-state index contributed by atoms with van der Waals surface area (Å²) in [6.07, 6.45) is 0.960. The molecule has 3 atom stereocenters. The lowest BCUT2D eigenvalue weighted by Crippen LogP contribution is -2.34. The quantitative estimate of drug-likeness (QED) is 0.676. The highest BCUT2D eigenvalue weighted by molar-refractivity contribution is 4.88. The van der Waals surface area contributed by atoms with Gasteiger partial charge in [-0.1, -0.05) is 13.0 Å². The highest BCUT2D eigenvalue weighted by Crippen LogP contribution is 2.26. The number of aliphatic hydroxyl groups is 1. The fourth-order valence-electron chi connectivity index (χ4n) is 1.36. The first kappa shape index (κ1) is 10.7. The summed E-state index contributed by atoms with van der Waals surface area (Å²) in [5.74, 6) is -0.533. The van der Waals surface area contributed by atoms with Crippen LogP contribution in [0.4, 0.5) is 0 Å². The molecule has 0 saturated carbocycles. The molecule has 0 aromatic heterocycles. The zero-order chi connectivity index (χ0) is 10.1. The zero-order valence-corrected chi connectivity index (χ0v) is 8.49. The van der Waals surface area contributed by atoms with Crippen molar-refractivity contribution in [1.82, 2.24) is 0 Å². The largest absolute Gasteiger partial charge is 0.390 e.